The first-order valence-electron chi connectivity index (χ1n) is 17.1. The monoisotopic (exact) mass is 808 g/mol. The number of nitrogens with one attached hydrogen (secondary N) is 2. The molecule has 0 saturated carbocycles. The zero-order valence-corrected chi connectivity index (χ0v) is 33.9. The number of thiocarbonyl (C=S) groups is 1. The van der Waals surface area contributed by atoms with Crippen molar-refractivity contribution in [3.05, 3.63) is 58.7 Å². The number of hydrogen-bond donors (Lipinski definition) is 2. The van der Waals surface area contributed by atoms with E-state index in [1.165, 1.54) is 18.0 Å². The molecule has 3 heterocycles. The second-order valence-corrected chi connectivity index (χ2v) is 20.0. The molecule has 52 heavy (non-hydrogen) atoms. The highest BCUT2D eigenvalue weighted by Crippen LogP contribution is 2.39. The zero-order valence-electron chi connectivity index (χ0n) is 29.9. The van der Waals surface area contributed by atoms with Crippen molar-refractivity contribution in [2.24, 2.45) is 0 Å². The number of anilines is 4. The molecule has 1 amide bonds. The topological polar surface area (TPSA) is 151 Å². The highest BCUT2D eigenvalue weighted by atomic mass is 35.5. The van der Waals surface area contributed by atoms with Crippen molar-refractivity contribution in [3.8, 4) is 5.75 Å². The molecule has 0 radical (unpaired) electrons. The van der Waals surface area contributed by atoms with Crippen LogP contribution in [0.15, 0.2) is 47.5 Å². The number of ether oxygens (including phenoxy) is 1. The van der Waals surface area contributed by atoms with Gasteiger partial charge in [0.1, 0.15) is 10.8 Å². The van der Waals surface area contributed by atoms with E-state index in [1.807, 2.05) is 42.7 Å². The molecule has 2 aromatic carbocycles. The normalized spacial score (nSPS) is 16.6. The van der Waals surface area contributed by atoms with Gasteiger partial charge in [-0.2, -0.15) is 4.98 Å². The van der Waals surface area contributed by atoms with Gasteiger partial charge in [-0.05, 0) is 88.8 Å². The molecule has 12 nitrogen and oxygen atoms in total. The maximum atomic E-state index is 13.1. The summed E-state index contributed by atoms with van der Waals surface area (Å²) in [4.78, 5) is 26.5. The van der Waals surface area contributed by atoms with Gasteiger partial charge in [0.25, 0.3) is 5.24 Å². The van der Waals surface area contributed by atoms with E-state index in [0.717, 1.165) is 24.0 Å². The number of carbonyl (C=O) groups excluding carboxylic acids is 1. The SMILES string of the molecule is Cc1cc(Nc2ncc(Cl)c(Nc3ccccc3S(=O)(=O)C(C)C)n2)c(OC(C)C)cc1C1CCN(C(=O)SCC(=S)N2CCS(=O)(=O)CC2)CC1. The van der Waals surface area contributed by atoms with E-state index in [4.69, 9.17) is 28.6 Å². The molecule has 2 aliphatic rings. The number of carbonyl (C=O) groups is 1. The van der Waals surface area contributed by atoms with Gasteiger partial charge in [0.05, 0.1) is 56.1 Å². The van der Waals surface area contributed by atoms with Crippen LogP contribution in [0.1, 0.15) is 57.6 Å². The van der Waals surface area contributed by atoms with Crippen molar-refractivity contribution >= 4 is 88.6 Å². The molecule has 1 aromatic heterocycles. The number of thioether (sulfide) groups is 1. The summed E-state index contributed by atoms with van der Waals surface area (Å²) in [6, 6.07) is 10.7. The summed E-state index contributed by atoms with van der Waals surface area (Å²) in [6.45, 7) is 11.2. The molecule has 2 saturated heterocycles. The minimum absolute atomic E-state index is 0.0209. The number of rotatable bonds is 11. The molecule has 0 bridgehead atoms. The Balaban J connectivity index is 1.26. The smallest absolute Gasteiger partial charge is 0.282 e. The Labute approximate surface area is 321 Å². The first-order valence-corrected chi connectivity index (χ1v) is 22.3. The Bertz CT molecular complexity index is 2010. The lowest BCUT2D eigenvalue weighted by Crippen LogP contribution is -2.44. The van der Waals surface area contributed by atoms with Crippen LogP contribution in [0.5, 0.6) is 5.75 Å². The van der Waals surface area contributed by atoms with Crippen LogP contribution in [0.2, 0.25) is 5.02 Å². The van der Waals surface area contributed by atoms with Crippen LogP contribution < -0.4 is 15.4 Å². The highest BCUT2D eigenvalue weighted by molar-refractivity contribution is 8.14. The molecule has 2 N–H and O–H groups in total. The van der Waals surface area contributed by atoms with Crippen LogP contribution in [0.4, 0.5) is 27.9 Å². The number of hydrogen-bond acceptors (Lipinski definition) is 12. The number of aryl methyl sites for hydroxylation is 1. The summed E-state index contributed by atoms with van der Waals surface area (Å²) in [6.07, 6.45) is 2.91. The van der Waals surface area contributed by atoms with Crippen LogP contribution in [0.3, 0.4) is 0 Å². The van der Waals surface area contributed by atoms with Crippen molar-refractivity contribution in [2.75, 3.05) is 54.1 Å². The predicted octanol–water partition coefficient (Wildman–Crippen LogP) is 6.99. The van der Waals surface area contributed by atoms with Crippen LogP contribution in [0, 0.1) is 6.92 Å². The molecule has 0 atom stereocenters. The fourth-order valence-electron chi connectivity index (χ4n) is 6.07. The van der Waals surface area contributed by atoms with E-state index in [1.54, 1.807) is 38.1 Å². The van der Waals surface area contributed by atoms with E-state index >= 15 is 0 Å². The standard InChI is InChI=1S/C35H45ClN6O6S4/c1-22(2)48-30-19-26(25-10-12-42(13-11-25)35(43)50-21-32(49)41-14-16-51(44,45)17-15-41)24(5)18-29(30)39-34-37-20-27(36)33(40-34)38-28-8-6-7-9-31(28)52(46,47)23(3)4/h6-9,18-20,22-23,25H,10-17,21H2,1-5H3,(H2,37,38,39,40). The fourth-order valence-corrected chi connectivity index (χ4v) is 9.76. The van der Waals surface area contributed by atoms with Crippen molar-refractivity contribution < 1.29 is 26.4 Å². The maximum Gasteiger partial charge on any atom is 0.282 e. The number of benzene rings is 2. The van der Waals surface area contributed by atoms with E-state index in [9.17, 15) is 21.6 Å². The van der Waals surface area contributed by atoms with E-state index in [2.05, 4.69) is 20.6 Å². The minimum atomic E-state index is -3.58. The molecule has 0 spiro atoms. The van der Waals surface area contributed by atoms with Crippen LogP contribution in [0.25, 0.3) is 0 Å². The maximum absolute atomic E-state index is 13.1. The first-order chi connectivity index (χ1) is 24.5. The molecule has 2 fully saturated rings. The van der Waals surface area contributed by atoms with Crippen molar-refractivity contribution in [2.45, 2.75) is 69.6 Å². The third-order valence-electron chi connectivity index (χ3n) is 9.00. The number of piperidine rings is 1. The lowest BCUT2D eigenvalue weighted by molar-refractivity contribution is 0.205. The number of nitrogens with zero attached hydrogens (tertiary/aromatic N) is 4. The van der Waals surface area contributed by atoms with E-state index < -0.39 is 24.9 Å². The average molecular weight is 810 g/mol. The molecular formula is C35H45ClN6O6S4. The Morgan fingerprint density at radius 1 is 1.04 bits per heavy atom. The van der Waals surface area contributed by atoms with Gasteiger partial charge in [-0.15, -0.1) is 0 Å². The van der Waals surface area contributed by atoms with Gasteiger partial charge in [-0.3, -0.25) is 4.79 Å². The van der Waals surface area contributed by atoms with Crippen LogP contribution in [-0.4, -0.2) is 102 Å². The van der Waals surface area contributed by atoms with Crippen molar-refractivity contribution in [1.82, 2.24) is 19.8 Å². The van der Waals surface area contributed by atoms with Gasteiger partial charge in [-0.1, -0.05) is 47.7 Å². The second kappa shape index (κ2) is 16.9. The average Bonchev–Trinajstić information content (AvgIpc) is 3.09. The number of para-hydroxylation sites is 1. The molecule has 2 aliphatic heterocycles. The quantitative estimate of drug-likeness (QED) is 0.192. The lowest BCUT2D eigenvalue weighted by Gasteiger charge is -2.33. The van der Waals surface area contributed by atoms with E-state index in [0.29, 0.717) is 54.0 Å². The lowest BCUT2D eigenvalue weighted by atomic mass is 9.86. The Hall–Kier alpha value is -3.18. The summed E-state index contributed by atoms with van der Waals surface area (Å²) in [7, 11) is -6.58. The number of sulfone groups is 2. The molecular weight excluding hydrogens is 764 g/mol. The fraction of sp³-hybridized carbons (Fsp3) is 0.486. The molecule has 282 valence electrons. The Morgan fingerprint density at radius 3 is 2.37 bits per heavy atom. The number of halogens is 1. The number of aromatic nitrogens is 2. The van der Waals surface area contributed by atoms with Gasteiger partial charge >= 0.3 is 0 Å². The van der Waals surface area contributed by atoms with Gasteiger partial charge in [-0.25, -0.2) is 21.8 Å². The number of likely N-dealkylation sites (tertiary alicyclic amines) is 1. The van der Waals surface area contributed by atoms with E-state index in [-0.39, 0.29) is 50.5 Å². The summed E-state index contributed by atoms with van der Waals surface area (Å²) < 4.78 is 55.8. The first kappa shape index (κ1) is 40.0. The van der Waals surface area contributed by atoms with Crippen LogP contribution >= 0.6 is 35.6 Å². The van der Waals surface area contributed by atoms with Gasteiger partial charge < -0.3 is 25.2 Å². The van der Waals surface area contributed by atoms with Crippen molar-refractivity contribution in [1.29, 1.82) is 0 Å². The molecule has 17 heteroatoms. The van der Waals surface area contributed by atoms with Crippen LogP contribution in [-0.2, 0) is 19.7 Å². The summed E-state index contributed by atoms with van der Waals surface area (Å²) >= 11 is 13.2. The summed E-state index contributed by atoms with van der Waals surface area (Å²) in [5, 5.41) is 5.95. The number of amides is 1. The third-order valence-corrected chi connectivity index (χ3v) is 14.6. The molecule has 0 aliphatic carbocycles. The highest BCUT2D eigenvalue weighted by Gasteiger charge is 2.28. The zero-order chi connectivity index (χ0) is 37.8. The Morgan fingerprint density at radius 2 is 1.71 bits per heavy atom. The summed E-state index contributed by atoms with van der Waals surface area (Å²) in [5.41, 5.74) is 3.21. The largest absolute Gasteiger partial charge is 0.489 e. The third kappa shape index (κ3) is 9.87. The van der Waals surface area contributed by atoms with Crippen molar-refractivity contribution in [3.63, 3.8) is 0 Å². The molecule has 5 rings (SSSR count). The summed E-state index contributed by atoms with van der Waals surface area (Å²) in [5.74, 6) is 1.89. The predicted molar refractivity (Wildman–Crippen MR) is 214 cm³/mol. The second-order valence-electron chi connectivity index (χ2n) is 13.5. The van der Waals surface area contributed by atoms with Gasteiger partial charge in [0.2, 0.25) is 5.95 Å². The molecule has 0 unspecified atom stereocenters. The Kier molecular flexibility index (Phi) is 13.0. The van der Waals surface area contributed by atoms with Gasteiger partial charge in [0, 0.05) is 26.2 Å². The van der Waals surface area contributed by atoms with Gasteiger partial charge in [0.15, 0.2) is 25.5 Å². The minimum Gasteiger partial charge on any atom is -0.489 e. The molecule has 3 aromatic rings.